The molecule has 1 amide bonds. The highest BCUT2D eigenvalue weighted by Crippen LogP contribution is 2.17. The van der Waals surface area contributed by atoms with E-state index < -0.39 is 5.91 Å². The maximum Gasteiger partial charge on any atom is 0.249 e. The van der Waals surface area contributed by atoms with Crippen molar-refractivity contribution in [3.05, 3.63) is 21.9 Å². The van der Waals surface area contributed by atoms with E-state index in [0.717, 1.165) is 17.7 Å². The lowest BCUT2D eigenvalue weighted by atomic mass is 9.97. The number of aliphatic hydroxyl groups is 1. The van der Waals surface area contributed by atoms with Gasteiger partial charge in [-0.15, -0.1) is 11.3 Å². The van der Waals surface area contributed by atoms with Gasteiger partial charge in [-0.05, 0) is 19.4 Å². The monoisotopic (exact) mass is 256 g/mol. The second-order valence-electron chi connectivity index (χ2n) is 4.49. The van der Waals surface area contributed by atoms with Gasteiger partial charge in [-0.3, -0.25) is 4.79 Å². The number of nitrogens with two attached hydrogens (primary N) is 1. The van der Waals surface area contributed by atoms with Gasteiger partial charge in [0.15, 0.2) is 0 Å². The minimum Gasteiger partial charge on any atom is -0.394 e. The van der Waals surface area contributed by atoms with Gasteiger partial charge in [0, 0.05) is 22.3 Å². The Morgan fingerprint density at radius 2 is 2.35 bits per heavy atom. The molecule has 96 valence electrons. The quantitative estimate of drug-likeness (QED) is 0.692. The molecule has 5 heteroatoms. The van der Waals surface area contributed by atoms with Crippen molar-refractivity contribution in [3.8, 4) is 0 Å². The maximum atomic E-state index is 10.9. The van der Waals surface area contributed by atoms with E-state index in [2.05, 4.69) is 12.2 Å². The Morgan fingerprint density at radius 3 is 2.82 bits per heavy atom. The first-order valence-corrected chi connectivity index (χ1v) is 6.62. The standard InChI is InChI=1S/C12H20N2O2S/c1-3-4-12(2,8-15)14-6-10-5-9(7-17-10)11(13)16/h5,7,14-15H,3-4,6,8H2,1-2H3,(H2,13,16). The van der Waals surface area contributed by atoms with E-state index in [9.17, 15) is 9.90 Å². The zero-order chi connectivity index (χ0) is 12.9. The van der Waals surface area contributed by atoms with Gasteiger partial charge in [0.1, 0.15) is 0 Å². The molecule has 0 saturated carbocycles. The largest absolute Gasteiger partial charge is 0.394 e. The Hall–Kier alpha value is -0.910. The number of rotatable bonds is 7. The van der Waals surface area contributed by atoms with Crippen LogP contribution in [-0.2, 0) is 6.54 Å². The van der Waals surface area contributed by atoms with Crippen LogP contribution < -0.4 is 11.1 Å². The number of primary amides is 1. The molecule has 4 nitrogen and oxygen atoms in total. The summed E-state index contributed by atoms with van der Waals surface area (Å²) in [4.78, 5) is 12.0. The Kier molecular flexibility index (Phi) is 5.11. The fourth-order valence-electron chi connectivity index (χ4n) is 1.68. The van der Waals surface area contributed by atoms with Crippen LogP contribution in [0, 0.1) is 0 Å². The van der Waals surface area contributed by atoms with Crippen LogP contribution in [0.1, 0.15) is 41.9 Å². The molecule has 0 aliphatic heterocycles. The highest BCUT2D eigenvalue weighted by atomic mass is 32.1. The Labute approximate surface area is 106 Å². The molecule has 1 heterocycles. The molecule has 0 bridgehead atoms. The van der Waals surface area contributed by atoms with E-state index in [0.29, 0.717) is 12.1 Å². The number of carbonyl (C=O) groups excluding carboxylic acids is 1. The molecule has 0 aliphatic carbocycles. The highest BCUT2D eigenvalue weighted by Gasteiger charge is 2.21. The van der Waals surface area contributed by atoms with Crippen LogP contribution in [0.4, 0.5) is 0 Å². The van der Waals surface area contributed by atoms with Crippen molar-refractivity contribution in [2.45, 2.75) is 38.8 Å². The molecular formula is C12H20N2O2S. The zero-order valence-corrected chi connectivity index (χ0v) is 11.1. The molecule has 0 aliphatic rings. The third-order valence-corrected chi connectivity index (χ3v) is 3.72. The summed E-state index contributed by atoms with van der Waals surface area (Å²) >= 11 is 1.50. The van der Waals surface area contributed by atoms with Crippen molar-refractivity contribution in [1.29, 1.82) is 0 Å². The van der Waals surface area contributed by atoms with E-state index in [1.807, 2.05) is 6.92 Å². The van der Waals surface area contributed by atoms with E-state index in [1.54, 1.807) is 11.4 Å². The minimum atomic E-state index is -0.397. The van der Waals surface area contributed by atoms with E-state index in [4.69, 9.17) is 5.73 Å². The summed E-state index contributed by atoms with van der Waals surface area (Å²) in [6.45, 7) is 4.84. The van der Waals surface area contributed by atoms with Crippen molar-refractivity contribution < 1.29 is 9.90 Å². The molecule has 1 aromatic rings. The van der Waals surface area contributed by atoms with Crippen molar-refractivity contribution in [2.75, 3.05) is 6.61 Å². The van der Waals surface area contributed by atoms with Gasteiger partial charge < -0.3 is 16.2 Å². The number of aliphatic hydroxyl groups excluding tert-OH is 1. The van der Waals surface area contributed by atoms with Gasteiger partial charge in [-0.1, -0.05) is 13.3 Å². The first-order valence-electron chi connectivity index (χ1n) is 5.74. The fourth-order valence-corrected chi connectivity index (χ4v) is 2.49. The molecule has 17 heavy (non-hydrogen) atoms. The second-order valence-corrected chi connectivity index (χ2v) is 5.48. The average molecular weight is 256 g/mol. The molecule has 1 unspecified atom stereocenters. The summed E-state index contributed by atoms with van der Waals surface area (Å²) in [5.41, 5.74) is 5.48. The van der Waals surface area contributed by atoms with Crippen LogP contribution in [-0.4, -0.2) is 23.2 Å². The number of hydrogen-bond acceptors (Lipinski definition) is 4. The van der Waals surface area contributed by atoms with E-state index in [-0.39, 0.29) is 12.1 Å². The van der Waals surface area contributed by atoms with Crippen LogP contribution in [0.2, 0.25) is 0 Å². The van der Waals surface area contributed by atoms with Crippen LogP contribution in [0.3, 0.4) is 0 Å². The topological polar surface area (TPSA) is 75.3 Å². The summed E-state index contributed by atoms with van der Waals surface area (Å²) < 4.78 is 0. The zero-order valence-electron chi connectivity index (χ0n) is 10.3. The molecule has 0 fully saturated rings. The minimum absolute atomic E-state index is 0.106. The summed E-state index contributed by atoms with van der Waals surface area (Å²) in [7, 11) is 0. The van der Waals surface area contributed by atoms with Gasteiger partial charge in [0.2, 0.25) is 5.91 Å². The molecule has 0 saturated heterocycles. The predicted octanol–water partition coefficient (Wildman–Crippen LogP) is 1.49. The first kappa shape index (κ1) is 14.2. The van der Waals surface area contributed by atoms with Crippen molar-refractivity contribution in [3.63, 3.8) is 0 Å². The summed E-state index contributed by atoms with van der Waals surface area (Å²) in [6, 6.07) is 1.80. The second kappa shape index (κ2) is 6.14. The average Bonchev–Trinajstić information content (AvgIpc) is 2.76. The summed E-state index contributed by atoms with van der Waals surface area (Å²) in [5, 5.41) is 14.4. The third-order valence-electron chi connectivity index (χ3n) is 2.78. The Balaban J connectivity index is 2.56. The smallest absolute Gasteiger partial charge is 0.249 e. The Bertz CT molecular complexity index is 378. The van der Waals surface area contributed by atoms with E-state index in [1.165, 1.54) is 11.3 Å². The fraction of sp³-hybridized carbons (Fsp3) is 0.583. The number of carbonyl (C=O) groups is 1. The van der Waals surface area contributed by atoms with Gasteiger partial charge in [-0.25, -0.2) is 0 Å². The molecule has 4 N–H and O–H groups in total. The van der Waals surface area contributed by atoms with Crippen LogP contribution in [0.25, 0.3) is 0 Å². The normalized spacial score (nSPS) is 14.5. The lowest BCUT2D eigenvalue weighted by Crippen LogP contribution is -2.44. The molecular weight excluding hydrogens is 236 g/mol. The van der Waals surface area contributed by atoms with Gasteiger partial charge in [0.25, 0.3) is 0 Å². The van der Waals surface area contributed by atoms with Crippen LogP contribution in [0.15, 0.2) is 11.4 Å². The lowest BCUT2D eigenvalue weighted by Gasteiger charge is -2.28. The summed E-state index contributed by atoms with van der Waals surface area (Å²) in [6.07, 6.45) is 1.93. The highest BCUT2D eigenvalue weighted by molar-refractivity contribution is 7.10. The molecule has 1 atom stereocenters. The maximum absolute atomic E-state index is 10.9. The van der Waals surface area contributed by atoms with Crippen LogP contribution >= 0.6 is 11.3 Å². The Morgan fingerprint density at radius 1 is 1.65 bits per heavy atom. The van der Waals surface area contributed by atoms with Gasteiger partial charge in [0.05, 0.1) is 12.2 Å². The number of hydrogen-bond donors (Lipinski definition) is 3. The number of nitrogens with one attached hydrogen (secondary N) is 1. The van der Waals surface area contributed by atoms with E-state index >= 15 is 0 Å². The van der Waals surface area contributed by atoms with Gasteiger partial charge >= 0.3 is 0 Å². The lowest BCUT2D eigenvalue weighted by molar-refractivity contribution is 0.100. The SMILES string of the molecule is CCCC(C)(CO)NCc1cc(C(N)=O)cs1. The van der Waals surface area contributed by atoms with Crippen molar-refractivity contribution in [2.24, 2.45) is 5.73 Å². The molecule has 0 spiro atoms. The van der Waals surface area contributed by atoms with Crippen molar-refractivity contribution in [1.82, 2.24) is 5.32 Å². The molecule has 0 radical (unpaired) electrons. The predicted molar refractivity (Wildman–Crippen MR) is 70.1 cm³/mol. The number of thiophene rings is 1. The van der Waals surface area contributed by atoms with Crippen LogP contribution in [0.5, 0.6) is 0 Å². The number of amides is 1. The molecule has 1 aromatic heterocycles. The summed E-state index contributed by atoms with van der Waals surface area (Å²) in [5.74, 6) is -0.397. The van der Waals surface area contributed by atoms with Gasteiger partial charge in [-0.2, -0.15) is 0 Å². The molecule has 1 rings (SSSR count). The molecule has 0 aromatic carbocycles. The first-order chi connectivity index (χ1) is 8.00. The third kappa shape index (κ3) is 4.11. The van der Waals surface area contributed by atoms with Crippen molar-refractivity contribution >= 4 is 17.2 Å².